The van der Waals surface area contributed by atoms with E-state index >= 15 is 0 Å². The summed E-state index contributed by atoms with van der Waals surface area (Å²) in [6.45, 7) is 1.98. The molecule has 2 aromatic rings. The molecular formula is C18H18N2O2. The summed E-state index contributed by atoms with van der Waals surface area (Å²) < 4.78 is 0. The molecule has 0 bridgehead atoms. The topological polar surface area (TPSA) is 58.2 Å². The third-order valence-electron chi connectivity index (χ3n) is 3.79. The van der Waals surface area contributed by atoms with Gasteiger partial charge in [-0.3, -0.25) is 9.59 Å². The first kappa shape index (κ1) is 14.3. The van der Waals surface area contributed by atoms with Gasteiger partial charge in [0.1, 0.15) is 0 Å². The van der Waals surface area contributed by atoms with Crippen molar-refractivity contribution in [1.82, 2.24) is 0 Å². The number of para-hydroxylation sites is 1. The van der Waals surface area contributed by atoms with Crippen LogP contribution in [0.15, 0.2) is 54.6 Å². The number of benzene rings is 2. The molecule has 3 rings (SSSR count). The molecule has 1 aliphatic rings. The molecule has 1 saturated carbocycles. The summed E-state index contributed by atoms with van der Waals surface area (Å²) in [7, 11) is 0. The summed E-state index contributed by atoms with van der Waals surface area (Å²) in [5, 5.41) is 5.72. The molecular weight excluding hydrogens is 276 g/mol. The van der Waals surface area contributed by atoms with Crippen LogP contribution in [0.2, 0.25) is 0 Å². The number of hydrogen-bond acceptors (Lipinski definition) is 2. The predicted molar refractivity (Wildman–Crippen MR) is 86.5 cm³/mol. The lowest BCUT2D eigenvalue weighted by Crippen LogP contribution is -2.20. The van der Waals surface area contributed by atoms with E-state index in [4.69, 9.17) is 0 Å². The molecule has 2 amide bonds. The molecule has 0 saturated heterocycles. The standard InChI is InChI=1S/C18H18N2O2/c1-12-6-5-9-14(10-12)20-18(22)16-11-15(16)17(21)19-13-7-3-2-4-8-13/h2-10,15-16H,11H2,1H3,(H,19,21)(H,20,22). The van der Waals surface area contributed by atoms with Crippen LogP contribution in [0.4, 0.5) is 11.4 Å². The molecule has 4 nitrogen and oxygen atoms in total. The van der Waals surface area contributed by atoms with E-state index in [1.54, 1.807) is 0 Å². The van der Waals surface area contributed by atoms with Crippen LogP contribution in [-0.4, -0.2) is 11.8 Å². The molecule has 0 spiro atoms. The minimum atomic E-state index is -0.232. The van der Waals surface area contributed by atoms with Crippen LogP contribution < -0.4 is 10.6 Å². The number of carbonyl (C=O) groups is 2. The Morgan fingerprint density at radius 3 is 2.09 bits per heavy atom. The van der Waals surface area contributed by atoms with Gasteiger partial charge in [0, 0.05) is 11.4 Å². The third-order valence-corrected chi connectivity index (χ3v) is 3.79. The Hall–Kier alpha value is -2.62. The van der Waals surface area contributed by atoms with E-state index in [0.29, 0.717) is 6.42 Å². The van der Waals surface area contributed by atoms with Crippen molar-refractivity contribution in [3.8, 4) is 0 Å². The van der Waals surface area contributed by atoms with E-state index < -0.39 is 0 Å². The first-order valence-corrected chi connectivity index (χ1v) is 7.37. The van der Waals surface area contributed by atoms with Gasteiger partial charge in [0.25, 0.3) is 0 Å². The van der Waals surface area contributed by atoms with Crippen molar-refractivity contribution in [3.63, 3.8) is 0 Å². The van der Waals surface area contributed by atoms with E-state index in [2.05, 4.69) is 10.6 Å². The van der Waals surface area contributed by atoms with Crippen molar-refractivity contribution >= 4 is 23.2 Å². The number of aryl methyl sites for hydroxylation is 1. The third kappa shape index (κ3) is 3.34. The number of rotatable bonds is 4. The zero-order valence-electron chi connectivity index (χ0n) is 12.4. The largest absolute Gasteiger partial charge is 0.326 e. The van der Waals surface area contributed by atoms with E-state index in [0.717, 1.165) is 16.9 Å². The molecule has 22 heavy (non-hydrogen) atoms. The summed E-state index contributed by atoms with van der Waals surface area (Å²) in [5.41, 5.74) is 2.63. The second-order valence-corrected chi connectivity index (χ2v) is 5.66. The Labute approximate surface area is 129 Å². The van der Waals surface area contributed by atoms with Gasteiger partial charge >= 0.3 is 0 Å². The Balaban J connectivity index is 1.55. The maximum absolute atomic E-state index is 12.2. The van der Waals surface area contributed by atoms with Crippen molar-refractivity contribution in [1.29, 1.82) is 0 Å². The fourth-order valence-electron chi connectivity index (χ4n) is 2.49. The fraction of sp³-hybridized carbons (Fsp3) is 0.222. The summed E-state index contributed by atoms with van der Waals surface area (Å²) >= 11 is 0. The minimum absolute atomic E-state index is 0.0844. The molecule has 0 aliphatic heterocycles. The Bertz CT molecular complexity index is 697. The Morgan fingerprint density at radius 1 is 0.864 bits per heavy atom. The number of amides is 2. The average Bonchev–Trinajstić information content (AvgIpc) is 3.29. The van der Waals surface area contributed by atoms with Crippen LogP contribution in [0, 0.1) is 18.8 Å². The van der Waals surface area contributed by atoms with Gasteiger partial charge in [-0.1, -0.05) is 30.3 Å². The van der Waals surface area contributed by atoms with Crippen LogP contribution >= 0.6 is 0 Å². The van der Waals surface area contributed by atoms with Gasteiger partial charge in [0.2, 0.25) is 11.8 Å². The molecule has 112 valence electrons. The quantitative estimate of drug-likeness (QED) is 0.909. The number of hydrogen-bond donors (Lipinski definition) is 2. The molecule has 2 N–H and O–H groups in total. The van der Waals surface area contributed by atoms with Crippen molar-refractivity contribution < 1.29 is 9.59 Å². The summed E-state index contributed by atoms with van der Waals surface area (Å²) in [6.07, 6.45) is 0.607. The van der Waals surface area contributed by atoms with Crippen molar-refractivity contribution in [2.24, 2.45) is 11.8 Å². The molecule has 2 atom stereocenters. The molecule has 4 heteroatoms. The highest BCUT2D eigenvalue weighted by molar-refractivity contribution is 6.03. The van der Waals surface area contributed by atoms with Crippen LogP contribution in [0.1, 0.15) is 12.0 Å². The lowest BCUT2D eigenvalue weighted by molar-refractivity contribution is -0.122. The average molecular weight is 294 g/mol. The van der Waals surface area contributed by atoms with Gasteiger partial charge in [-0.25, -0.2) is 0 Å². The molecule has 0 heterocycles. The highest BCUT2D eigenvalue weighted by Gasteiger charge is 2.48. The zero-order valence-corrected chi connectivity index (χ0v) is 12.4. The van der Waals surface area contributed by atoms with Crippen molar-refractivity contribution in [2.75, 3.05) is 10.6 Å². The van der Waals surface area contributed by atoms with Crippen molar-refractivity contribution in [3.05, 3.63) is 60.2 Å². The smallest absolute Gasteiger partial charge is 0.228 e. The lowest BCUT2D eigenvalue weighted by Gasteiger charge is -2.06. The maximum Gasteiger partial charge on any atom is 0.228 e. The number of carbonyl (C=O) groups excluding carboxylic acids is 2. The first-order valence-electron chi connectivity index (χ1n) is 7.37. The predicted octanol–water partition coefficient (Wildman–Crippen LogP) is 3.21. The molecule has 1 fully saturated rings. The minimum Gasteiger partial charge on any atom is -0.326 e. The van der Waals surface area contributed by atoms with Crippen LogP contribution in [0.25, 0.3) is 0 Å². The highest BCUT2D eigenvalue weighted by Crippen LogP contribution is 2.40. The number of anilines is 2. The van der Waals surface area contributed by atoms with Gasteiger partial charge in [-0.05, 0) is 43.2 Å². The molecule has 0 aromatic heterocycles. The van der Waals surface area contributed by atoms with E-state index in [1.807, 2.05) is 61.5 Å². The van der Waals surface area contributed by atoms with Crippen molar-refractivity contribution in [2.45, 2.75) is 13.3 Å². The summed E-state index contributed by atoms with van der Waals surface area (Å²) in [5.74, 6) is -0.636. The SMILES string of the molecule is Cc1cccc(NC(=O)C2CC2C(=O)Nc2ccccc2)c1. The normalized spacial score (nSPS) is 19.3. The molecule has 2 unspecified atom stereocenters. The van der Waals surface area contributed by atoms with Crippen LogP contribution in [0.5, 0.6) is 0 Å². The van der Waals surface area contributed by atoms with Gasteiger partial charge in [-0.2, -0.15) is 0 Å². The van der Waals surface area contributed by atoms with Gasteiger partial charge < -0.3 is 10.6 Å². The monoisotopic (exact) mass is 294 g/mol. The molecule has 2 aromatic carbocycles. The second-order valence-electron chi connectivity index (χ2n) is 5.66. The highest BCUT2D eigenvalue weighted by atomic mass is 16.2. The fourth-order valence-corrected chi connectivity index (χ4v) is 2.49. The van der Waals surface area contributed by atoms with Gasteiger partial charge in [-0.15, -0.1) is 0 Å². The first-order chi connectivity index (χ1) is 10.6. The zero-order chi connectivity index (χ0) is 15.5. The Morgan fingerprint density at radius 2 is 1.45 bits per heavy atom. The van der Waals surface area contributed by atoms with Crippen LogP contribution in [0.3, 0.4) is 0 Å². The van der Waals surface area contributed by atoms with E-state index in [1.165, 1.54) is 0 Å². The maximum atomic E-state index is 12.2. The number of nitrogens with one attached hydrogen (secondary N) is 2. The van der Waals surface area contributed by atoms with E-state index in [-0.39, 0.29) is 23.7 Å². The second kappa shape index (κ2) is 6.02. The summed E-state index contributed by atoms with van der Waals surface area (Å²) in [4.78, 5) is 24.3. The van der Waals surface area contributed by atoms with Gasteiger partial charge in [0.15, 0.2) is 0 Å². The van der Waals surface area contributed by atoms with E-state index in [9.17, 15) is 9.59 Å². The molecule has 1 aliphatic carbocycles. The molecule has 0 radical (unpaired) electrons. The van der Waals surface area contributed by atoms with Gasteiger partial charge in [0.05, 0.1) is 11.8 Å². The van der Waals surface area contributed by atoms with Crippen LogP contribution in [-0.2, 0) is 9.59 Å². The summed E-state index contributed by atoms with van der Waals surface area (Å²) in [6, 6.07) is 16.9. The lowest BCUT2D eigenvalue weighted by atomic mass is 10.2. The Kier molecular flexibility index (Phi) is 3.92.